The molecule has 1 amide bonds. The van der Waals surface area contributed by atoms with E-state index in [1.54, 1.807) is 4.57 Å². The van der Waals surface area contributed by atoms with E-state index in [-0.39, 0.29) is 10.8 Å². The number of thiazole rings is 1. The molecular formula is C18H23N3O2S. The number of carbonyl (C=O) groups excluding carboxylic acids is 1. The van der Waals surface area contributed by atoms with Crippen LogP contribution >= 0.6 is 11.3 Å². The van der Waals surface area contributed by atoms with Crippen LogP contribution in [0.25, 0.3) is 0 Å². The van der Waals surface area contributed by atoms with Gasteiger partial charge in [0.15, 0.2) is 0 Å². The monoisotopic (exact) mass is 345 g/mol. The van der Waals surface area contributed by atoms with Gasteiger partial charge in [-0.2, -0.15) is 0 Å². The Kier molecular flexibility index (Phi) is 5.48. The lowest BCUT2D eigenvalue weighted by atomic mass is 10.00. The molecule has 6 heteroatoms. The highest BCUT2D eigenvalue weighted by Gasteiger charge is 2.15. The number of fused-ring (bicyclic) bond motifs is 1. The van der Waals surface area contributed by atoms with Gasteiger partial charge in [-0.25, -0.2) is 0 Å². The van der Waals surface area contributed by atoms with E-state index in [0.717, 1.165) is 31.7 Å². The molecule has 0 aliphatic carbocycles. The SMILES string of the molecule is Cc1csc(=O)n1CCC(=O)NCCN1CCc2ccccc2C1. The summed E-state index contributed by atoms with van der Waals surface area (Å²) >= 11 is 1.18. The molecule has 0 saturated carbocycles. The van der Waals surface area contributed by atoms with Crippen molar-refractivity contribution in [1.82, 2.24) is 14.8 Å². The van der Waals surface area contributed by atoms with Gasteiger partial charge in [-0.1, -0.05) is 35.6 Å². The molecular weight excluding hydrogens is 322 g/mol. The number of amides is 1. The predicted molar refractivity (Wildman–Crippen MR) is 96.4 cm³/mol. The van der Waals surface area contributed by atoms with Crippen molar-refractivity contribution >= 4 is 17.2 Å². The number of aromatic nitrogens is 1. The molecule has 1 aliphatic rings. The number of nitrogens with zero attached hydrogens (tertiary/aromatic N) is 2. The maximum absolute atomic E-state index is 12.0. The third-order valence-corrected chi connectivity index (χ3v) is 5.38. The van der Waals surface area contributed by atoms with Crippen LogP contribution in [0, 0.1) is 6.92 Å². The second-order valence-electron chi connectivity index (χ2n) is 6.19. The zero-order chi connectivity index (χ0) is 16.9. The second kappa shape index (κ2) is 7.77. The highest BCUT2D eigenvalue weighted by atomic mass is 32.1. The normalized spacial score (nSPS) is 14.4. The van der Waals surface area contributed by atoms with E-state index in [0.29, 0.717) is 19.5 Å². The number of hydrogen-bond donors (Lipinski definition) is 1. The fourth-order valence-corrected chi connectivity index (χ4v) is 3.84. The number of benzene rings is 1. The Bertz CT molecular complexity index is 766. The highest BCUT2D eigenvalue weighted by molar-refractivity contribution is 7.07. The summed E-state index contributed by atoms with van der Waals surface area (Å²) < 4.78 is 1.66. The molecule has 0 unspecified atom stereocenters. The number of aryl methyl sites for hydroxylation is 1. The minimum atomic E-state index is 0.00455. The molecule has 24 heavy (non-hydrogen) atoms. The van der Waals surface area contributed by atoms with E-state index in [9.17, 15) is 9.59 Å². The number of nitrogens with one attached hydrogen (secondary N) is 1. The predicted octanol–water partition coefficient (Wildman–Crippen LogP) is 1.78. The van der Waals surface area contributed by atoms with Gasteiger partial charge in [-0.15, -0.1) is 0 Å². The lowest BCUT2D eigenvalue weighted by Crippen LogP contribution is -2.38. The zero-order valence-electron chi connectivity index (χ0n) is 14.0. The van der Waals surface area contributed by atoms with E-state index in [1.807, 2.05) is 12.3 Å². The molecule has 1 aromatic carbocycles. The largest absolute Gasteiger partial charge is 0.355 e. The fraction of sp³-hybridized carbons (Fsp3) is 0.444. The first-order chi connectivity index (χ1) is 11.6. The van der Waals surface area contributed by atoms with Crippen molar-refractivity contribution in [2.45, 2.75) is 32.9 Å². The molecule has 2 heterocycles. The first-order valence-electron chi connectivity index (χ1n) is 8.34. The third kappa shape index (κ3) is 4.13. The summed E-state index contributed by atoms with van der Waals surface area (Å²) in [7, 11) is 0. The summed E-state index contributed by atoms with van der Waals surface area (Å²) in [5, 5.41) is 4.79. The molecule has 128 valence electrons. The van der Waals surface area contributed by atoms with E-state index < -0.39 is 0 Å². The lowest BCUT2D eigenvalue weighted by molar-refractivity contribution is -0.121. The minimum absolute atomic E-state index is 0.00455. The van der Waals surface area contributed by atoms with Crippen LogP contribution in [0.4, 0.5) is 0 Å². The summed E-state index contributed by atoms with van der Waals surface area (Å²) in [4.78, 5) is 26.0. The first kappa shape index (κ1) is 16.9. The smallest absolute Gasteiger partial charge is 0.307 e. The molecule has 5 nitrogen and oxygen atoms in total. The van der Waals surface area contributed by atoms with Crippen LogP contribution in [0.5, 0.6) is 0 Å². The van der Waals surface area contributed by atoms with Gasteiger partial charge in [-0.3, -0.25) is 14.5 Å². The summed E-state index contributed by atoms with van der Waals surface area (Å²) in [5.41, 5.74) is 3.75. The van der Waals surface area contributed by atoms with Crippen LogP contribution in [0.2, 0.25) is 0 Å². The van der Waals surface area contributed by atoms with Crippen LogP contribution in [0.1, 0.15) is 23.2 Å². The highest BCUT2D eigenvalue weighted by Crippen LogP contribution is 2.17. The minimum Gasteiger partial charge on any atom is -0.355 e. The summed E-state index contributed by atoms with van der Waals surface area (Å²) in [5.74, 6) is 0.00455. The van der Waals surface area contributed by atoms with Gasteiger partial charge in [0.1, 0.15) is 0 Å². The number of hydrogen-bond acceptors (Lipinski definition) is 4. The molecule has 1 N–H and O–H groups in total. The Balaban J connectivity index is 1.39. The summed E-state index contributed by atoms with van der Waals surface area (Å²) in [6.45, 7) is 5.85. The van der Waals surface area contributed by atoms with E-state index in [2.05, 4.69) is 34.5 Å². The van der Waals surface area contributed by atoms with Crippen molar-refractivity contribution in [2.24, 2.45) is 0 Å². The average Bonchev–Trinajstić information content (AvgIpc) is 2.91. The van der Waals surface area contributed by atoms with Crippen molar-refractivity contribution in [3.8, 4) is 0 Å². The lowest BCUT2D eigenvalue weighted by Gasteiger charge is -2.28. The standard InChI is InChI=1S/C18H23N3O2S/c1-14-13-24-18(23)21(14)10-7-17(22)19-8-11-20-9-6-15-4-2-3-5-16(15)12-20/h2-5,13H,6-12H2,1H3,(H,19,22). The first-order valence-corrected chi connectivity index (χ1v) is 9.22. The Morgan fingerprint density at radius 2 is 2.04 bits per heavy atom. The number of carbonyl (C=O) groups is 1. The number of rotatable bonds is 6. The van der Waals surface area contributed by atoms with Crippen LogP contribution in [0.3, 0.4) is 0 Å². The quantitative estimate of drug-likeness (QED) is 0.868. The van der Waals surface area contributed by atoms with Gasteiger partial charge in [0.25, 0.3) is 0 Å². The molecule has 0 bridgehead atoms. The summed E-state index contributed by atoms with van der Waals surface area (Å²) in [6.07, 6.45) is 1.42. The molecule has 1 aliphatic heterocycles. The van der Waals surface area contributed by atoms with Gasteiger partial charge in [0, 0.05) is 50.2 Å². The van der Waals surface area contributed by atoms with Crippen molar-refractivity contribution in [2.75, 3.05) is 19.6 Å². The fourth-order valence-electron chi connectivity index (χ4n) is 3.07. The van der Waals surface area contributed by atoms with Crippen LogP contribution in [-0.4, -0.2) is 35.0 Å². The molecule has 0 fully saturated rings. The molecule has 3 rings (SSSR count). The molecule has 0 radical (unpaired) electrons. The van der Waals surface area contributed by atoms with Crippen molar-refractivity contribution in [1.29, 1.82) is 0 Å². The molecule has 1 aromatic heterocycles. The van der Waals surface area contributed by atoms with Gasteiger partial charge < -0.3 is 9.88 Å². The van der Waals surface area contributed by atoms with Gasteiger partial charge in [-0.05, 0) is 24.5 Å². The average molecular weight is 345 g/mol. The van der Waals surface area contributed by atoms with Gasteiger partial charge >= 0.3 is 4.87 Å². The molecule has 0 spiro atoms. The third-order valence-electron chi connectivity index (χ3n) is 4.50. The zero-order valence-corrected chi connectivity index (χ0v) is 14.8. The maximum Gasteiger partial charge on any atom is 0.307 e. The van der Waals surface area contributed by atoms with Crippen molar-refractivity contribution in [3.05, 3.63) is 56.1 Å². The maximum atomic E-state index is 12.0. The van der Waals surface area contributed by atoms with Gasteiger partial charge in [0.05, 0.1) is 0 Å². The Labute approximate surface area is 145 Å². The Hall–Kier alpha value is -1.92. The van der Waals surface area contributed by atoms with Crippen LogP contribution in [0.15, 0.2) is 34.4 Å². The Morgan fingerprint density at radius 3 is 2.79 bits per heavy atom. The van der Waals surface area contributed by atoms with Crippen LogP contribution < -0.4 is 10.2 Å². The second-order valence-corrected chi connectivity index (χ2v) is 7.01. The van der Waals surface area contributed by atoms with E-state index in [4.69, 9.17) is 0 Å². The topological polar surface area (TPSA) is 54.3 Å². The van der Waals surface area contributed by atoms with E-state index >= 15 is 0 Å². The summed E-state index contributed by atoms with van der Waals surface area (Å²) in [6, 6.07) is 8.55. The molecule has 2 aromatic rings. The molecule has 0 atom stereocenters. The van der Waals surface area contributed by atoms with Crippen molar-refractivity contribution < 1.29 is 4.79 Å². The van der Waals surface area contributed by atoms with Crippen molar-refractivity contribution in [3.63, 3.8) is 0 Å². The Morgan fingerprint density at radius 1 is 1.25 bits per heavy atom. The molecule has 0 saturated heterocycles. The van der Waals surface area contributed by atoms with E-state index in [1.165, 1.54) is 22.5 Å². The van der Waals surface area contributed by atoms with Gasteiger partial charge in [0.2, 0.25) is 5.91 Å². The van der Waals surface area contributed by atoms with Crippen LogP contribution in [-0.2, 0) is 24.3 Å².